The average Bonchev–Trinajstić information content (AvgIpc) is 2.97. The highest BCUT2D eigenvalue weighted by molar-refractivity contribution is 5.96. The molecule has 0 saturated heterocycles. The Bertz CT molecular complexity index is 856. The molecule has 3 aromatic rings. The molecule has 0 radical (unpaired) electrons. The zero-order valence-electron chi connectivity index (χ0n) is 11.4. The SMILES string of the molecule is CNC(=O)c1cnc2c(ccn2-c2ccc(C#N)cc2)c1. The van der Waals surface area contributed by atoms with E-state index in [-0.39, 0.29) is 5.91 Å². The number of fused-ring (bicyclic) bond motifs is 1. The van der Waals surface area contributed by atoms with Gasteiger partial charge in [0.25, 0.3) is 5.91 Å². The van der Waals surface area contributed by atoms with Crippen molar-refractivity contribution in [3.63, 3.8) is 0 Å². The molecular formula is C16H12N4O. The first-order valence-electron chi connectivity index (χ1n) is 6.42. The van der Waals surface area contributed by atoms with Gasteiger partial charge in [-0.3, -0.25) is 4.79 Å². The highest BCUT2D eigenvalue weighted by Gasteiger charge is 2.09. The van der Waals surface area contributed by atoms with E-state index in [4.69, 9.17) is 5.26 Å². The van der Waals surface area contributed by atoms with Gasteiger partial charge in [-0.25, -0.2) is 4.98 Å². The van der Waals surface area contributed by atoms with Crippen molar-refractivity contribution < 1.29 is 4.79 Å². The molecule has 1 aromatic carbocycles. The van der Waals surface area contributed by atoms with Gasteiger partial charge in [0.15, 0.2) is 0 Å². The van der Waals surface area contributed by atoms with Gasteiger partial charge in [-0.15, -0.1) is 0 Å². The van der Waals surface area contributed by atoms with Crippen LogP contribution in [0.25, 0.3) is 16.7 Å². The smallest absolute Gasteiger partial charge is 0.252 e. The van der Waals surface area contributed by atoms with Crippen LogP contribution in [0.5, 0.6) is 0 Å². The maximum absolute atomic E-state index is 11.6. The molecule has 0 aliphatic heterocycles. The molecule has 0 aliphatic carbocycles. The molecule has 1 N–H and O–H groups in total. The minimum absolute atomic E-state index is 0.157. The van der Waals surface area contributed by atoms with E-state index >= 15 is 0 Å². The molecule has 0 aliphatic rings. The number of aromatic nitrogens is 2. The fourth-order valence-electron chi connectivity index (χ4n) is 2.20. The van der Waals surface area contributed by atoms with E-state index in [1.165, 1.54) is 0 Å². The van der Waals surface area contributed by atoms with Crippen LogP contribution in [0.2, 0.25) is 0 Å². The lowest BCUT2D eigenvalue weighted by Crippen LogP contribution is -2.17. The summed E-state index contributed by atoms with van der Waals surface area (Å²) in [4.78, 5) is 16.0. The molecule has 5 heteroatoms. The minimum Gasteiger partial charge on any atom is -0.355 e. The third-order valence-electron chi connectivity index (χ3n) is 3.29. The summed E-state index contributed by atoms with van der Waals surface area (Å²) >= 11 is 0. The lowest BCUT2D eigenvalue weighted by molar-refractivity contribution is 0.0963. The van der Waals surface area contributed by atoms with Gasteiger partial charge in [-0.1, -0.05) is 0 Å². The number of benzene rings is 1. The maximum Gasteiger partial charge on any atom is 0.252 e. The summed E-state index contributed by atoms with van der Waals surface area (Å²) in [5.74, 6) is -0.157. The van der Waals surface area contributed by atoms with Gasteiger partial charge >= 0.3 is 0 Å². The molecule has 5 nitrogen and oxygen atoms in total. The van der Waals surface area contributed by atoms with Gasteiger partial charge in [0.2, 0.25) is 0 Å². The lowest BCUT2D eigenvalue weighted by Gasteiger charge is -2.05. The van der Waals surface area contributed by atoms with Crippen molar-refractivity contribution in [3.05, 3.63) is 59.9 Å². The van der Waals surface area contributed by atoms with Crippen molar-refractivity contribution in [3.8, 4) is 11.8 Å². The number of hydrogen-bond donors (Lipinski definition) is 1. The van der Waals surface area contributed by atoms with Gasteiger partial charge in [0.05, 0.1) is 17.2 Å². The first-order chi connectivity index (χ1) is 10.2. The van der Waals surface area contributed by atoms with Crippen LogP contribution < -0.4 is 5.32 Å². The van der Waals surface area contributed by atoms with Crippen LogP contribution in [-0.2, 0) is 0 Å². The van der Waals surface area contributed by atoms with Crippen molar-refractivity contribution >= 4 is 16.9 Å². The van der Waals surface area contributed by atoms with E-state index in [0.717, 1.165) is 16.7 Å². The molecular weight excluding hydrogens is 264 g/mol. The first kappa shape index (κ1) is 12.9. The standard InChI is InChI=1S/C16H12N4O/c1-18-16(21)13-8-12-6-7-20(15(12)19-10-13)14-4-2-11(9-17)3-5-14/h2-8,10H,1H3,(H,18,21). The summed E-state index contributed by atoms with van der Waals surface area (Å²) in [5.41, 5.74) is 2.84. The number of nitriles is 1. The van der Waals surface area contributed by atoms with E-state index < -0.39 is 0 Å². The second-order valence-corrected chi connectivity index (χ2v) is 4.56. The van der Waals surface area contributed by atoms with Crippen LogP contribution in [0, 0.1) is 11.3 Å². The molecule has 102 valence electrons. The molecule has 1 amide bonds. The average molecular weight is 276 g/mol. The number of amides is 1. The van der Waals surface area contributed by atoms with E-state index in [1.807, 2.05) is 29.0 Å². The molecule has 3 rings (SSSR count). The number of pyridine rings is 1. The third-order valence-corrected chi connectivity index (χ3v) is 3.29. The third kappa shape index (κ3) is 2.23. The van der Waals surface area contributed by atoms with Crippen molar-refractivity contribution in [2.24, 2.45) is 0 Å². The van der Waals surface area contributed by atoms with Gasteiger partial charge in [-0.2, -0.15) is 5.26 Å². The molecule has 21 heavy (non-hydrogen) atoms. The Morgan fingerprint density at radius 3 is 2.71 bits per heavy atom. The molecule has 0 fully saturated rings. The van der Waals surface area contributed by atoms with E-state index in [9.17, 15) is 4.79 Å². The van der Waals surface area contributed by atoms with Gasteiger partial charge in [-0.05, 0) is 36.4 Å². The van der Waals surface area contributed by atoms with Crippen molar-refractivity contribution in [2.45, 2.75) is 0 Å². The summed E-state index contributed by atoms with van der Waals surface area (Å²) in [7, 11) is 1.59. The normalized spacial score (nSPS) is 10.3. The number of nitrogens with zero attached hydrogens (tertiary/aromatic N) is 3. The van der Waals surface area contributed by atoms with Gasteiger partial charge in [0, 0.05) is 30.5 Å². The number of rotatable bonds is 2. The summed E-state index contributed by atoms with van der Waals surface area (Å²) in [6.45, 7) is 0. The van der Waals surface area contributed by atoms with Gasteiger partial charge < -0.3 is 9.88 Å². The second-order valence-electron chi connectivity index (χ2n) is 4.56. The first-order valence-corrected chi connectivity index (χ1v) is 6.42. The Balaban J connectivity index is 2.08. The Hall–Kier alpha value is -3.13. The quantitative estimate of drug-likeness (QED) is 0.780. The number of hydrogen-bond acceptors (Lipinski definition) is 3. The summed E-state index contributed by atoms with van der Waals surface area (Å²) in [6, 6.07) is 13.1. The Kier molecular flexibility index (Phi) is 3.13. The Morgan fingerprint density at radius 1 is 1.29 bits per heavy atom. The lowest BCUT2D eigenvalue weighted by atomic mass is 10.2. The van der Waals surface area contributed by atoms with E-state index in [2.05, 4.69) is 16.4 Å². The van der Waals surface area contributed by atoms with Crippen LogP contribution in [0.1, 0.15) is 15.9 Å². The molecule has 0 atom stereocenters. The molecule has 0 spiro atoms. The van der Waals surface area contributed by atoms with Crippen molar-refractivity contribution in [2.75, 3.05) is 7.05 Å². The van der Waals surface area contributed by atoms with Crippen LogP contribution in [0.3, 0.4) is 0 Å². The predicted octanol–water partition coefficient (Wildman–Crippen LogP) is 2.26. The molecule has 2 heterocycles. The summed E-state index contributed by atoms with van der Waals surface area (Å²) in [5, 5.41) is 12.3. The monoisotopic (exact) mass is 276 g/mol. The van der Waals surface area contributed by atoms with Crippen LogP contribution >= 0.6 is 0 Å². The number of carbonyl (C=O) groups excluding carboxylic acids is 1. The largest absolute Gasteiger partial charge is 0.355 e. The highest BCUT2D eigenvalue weighted by Crippen LogP contribution is 2.20. The topological polar surface area (TPSA) is 70.7 Å². The number of carbonyl (C=O) groups is 1. The van der Waals surface area contributed by atoms with Crippen LogP contribution in [-0.4, -0.2) is 22.5 Å². The zero-order chi connectivity index (χ0) is 14.8. The van der Waals surface area contributed by atoms with Crippen molar-refractivity contribution in [1.82, 2.24) is 14.9 Å². The fourth-order valence-corrected chi connectivity index (χ4v) is 2.20. The van der Waals surface area contributed by atoms with Gasteiger partial charge in [0.1, 0.15) is 5.65 Å². The van der Waals surface area contributed by atoms with Crippen LogP contribution in [0.15, 0.2) is 48.8 Å². The summed E-state index contributed by atoms with van der Waals surface area (Å²) in [6.07, 6.45) is 3.45. The summed E-state index contributed by atoms with van der Waals surface area (Å²) < 4.78 is 1.92. The fraction of sp³-hybridized carbons (Fsp3) is 0.0625. The Morgan fingerprint density at radius 2 is 2.05 bits per heavy atom. The molecule has 0 unspecified atom stereocenters. The predicted molar refractivity (Wildman–Crippen MR) is 79.2 cm³/mol. The van der Waals surface area contributed by atoms with E-state index in [1.54, 1.807) is 31.4 Å². The minimum atomic E-state index is -0.157. The Labute approximate surface area is 121 Å². The molecule has 0 bridgehead atoms. The second kappa shape index (κ2) is 5.10. The highest BCUT2D eigenvalue weighted by atomic mass is 16.1. The van der Waals surface area contributed by atoms with Crippen LogP contribution in [0.4, 0.5) is 0 Å². The number of nitrogens with one attached hydrogen (secondary N) is 1. The molecule has 0 saturated carbocycles. The maximum atomic E-state index is 11.6. The molecule has 2 aromatic heterocycles. The van der Waals surface area contributed by atoms with E-state index in [0.29, 0.717) is 11.1 Å². The zero-order valence-corrected chi connectivity index (χ0v) is 11.4. The van der Waals surface area contributed by atoms with Crippen molar-refractivity contribution in [1.29, 1.82) is 5.26 Å².